The molecule has 2 aromatic rings. The van der Waals surface area contributed by atoms with E-state index in [-0.39, 0.29) is 12.0 Å². The molecule has 0 aliphatic heterocycles. The van der Waals surface area contributed by atoms with Gasteiger partial charge in [0, 0.05) is 0 Å². The predicted octanol–water partition coefficient (Wildman–Crippen LogP) is 3.74. The van der Waals surface area contributed by atoms with Crippen LogP contribution in [0.15, 0.2) is 42.5 Å². The lowest BCUT2D eigenvalue weighted by Crippen LogP contribution is -2.16. The minimum absolute atomic E-state index is 0.00819. The summed E-state index contributed by atoms with van der Waals surface area (Å²) in [7, 11) is 3.03. The summed E-state index contributed by atoms with van der Waals surface area (Å²) in [5.74, 6) is 1.19. The highest BCUT2D eigenvalue weighted by Gasteiger charge is 2.19. The number of nitrogens with one attached hydrogen (secondary N) is 1. The third kappa shape index (κ3) is 3.94. The number of rotatable bonds is 6. The molecule has 0 spiro atoms. The van der Waals surface area contributed by atoms with E-state index in [1.807, 2.05) is 32.0 Å². The number of hydrogen-bond donors (Lipinski definition) is 1. The van der Waals surface area contributed by atoms with Crippen LogP contribution in [0, 0.1) is 0 Å². The lowest BCUT2D eigenvalue weighted by atomic mass is 10.1. The molecule has 122 valence electrons. The Kier molecular flexibility index (Phi) is 5.46. The SMILES string of the molecule is COc1cccc(OC)c1C(=O)Nc1ccccc1OC(C)C. The van der Waals surface area contributed by atoms with Crippen molar-refractivity contribution < 1.29 is 19.0 Å². The first-order valence-electron chi connectivity index (χ1n) is 7.34. The number of benzene rings is 2. The van der Waals surface area contributed by atoms with Crippen LogP contribution in [0.4, 0.5) is 5.69 Å². The maximum Gasteiger partial charge on any atom is 0.263 e. The van der Waals surface area contributed by atoms with Gasteiger partial charge in [-0.15, -0.1) is 0 Å². The Morgan fingerprint density at radius 1 is 0.913 bits per heavy atom. The Hall–Kier alpha value is -2.69. The zero-order valence-electron chi connectivity index (χ0n) is 13.8. The van der Waals surface area contributed by atoms with Crippen LogP contribution < -0.4 is 19.5 Å². The van der Waals surface area contributed by atoms with E-state index in [1.54, 1.807) is 24.3 Å². The number of carbonyl (C=O) groups excluding carboxylic acids is 1. The summed E-state index contributed by atoms with van der Waals surface area (Å²) in [5, 5.41) is 2.86. The molecule has 0 fully saturated rings. The van der Waals surface area contributed by atoms with Gasteiger partial charge in [-0.1, -0.05) is 18.2 Å². The van der Waals surface area contributed by atoms with Gasteiger partial charge in [0.15, 0.2) is 0 Å². The van der Waals surface area contributed by atoms with Gasteiger partial charge in [-0.25, -0.2) is 0 Å². The topological polar surface area (TPSA) is 56.8 Å². The summed E-state index contributed by atoms with van der Waals surface area (Å²) in [6, 6.07) is 12.5. The monoisotopic (exact) mass is 315 g/mol. The fraction of sp³-hybridized carbons (Fsp3) is 0.278. The Bertz CT molecular complexity index is 660. The van der Waals surface area contributed by atoms with Crippen LogP contribution in [-0.4, -0.2) is 26.2 Å². The van der Waals surface area contributed by atoms with Gasteiger partial charge in [0.1, 0.15) is 22.8 Å². The first kappa shape index (κ1) is 16.7. The van der Waals surface area contributed by atoms with Gasteiger partial charge in [0.05, 0.1) is 26.0 Å². The molecule has 0 heterocycles. The van der Waals surface area contributed by atoms with E-state index in [0.717, 1.165) is 0 Å². The molecule has 23 heavy (non-hydrogen) atoms. The van der Waals surface area contributed by atoms with Crippen molar-refractivity contribution in [2.24, 2.45) is 0 Å². The fourth-order valence-corrected chi connectivity index (χ4v) is 2.19. The van der Waals surface area contributed by atoms with E-state index in [0.29, 0.717) is 28.5 Å². The molecule has 0 aromatic heterocycles. The molecule has 0 saturated carbocycles. The fourth-order valence-electron chi connectivity index (χ4n) is 2.19. The summed E-state index contributed by atoms with van der Waals surface area (Å²) < 4.78 is 16.3. The normalized spacial score (nSPS) is 10.3. The minimum atomic E-state index is -0.320. The van der Waals surface area contributed by atoms with Crippen LogP contribution in [0.1, 0.15) is 24.2 Å². The molecule has 0 aliphatic carbocycles. The number of amides is 1. The minimum Gasteiger partial charge on any atom is -0.496 e. The van der Waals surface area contributed by atoms with Crippen molar-refractivity contribution in [2.75, 3.05) is 19.5 Å². The van der Waals surface area contributed by atoms with Crippen molar-refractivity contribution in [1.29, 1.82) is 0 Å². The number of carbonyl (C=O) groups is 1. The standard InChI is InChI=1S/C18H21NO4/c1-12(2)23-14-9-6-5-8-13(14)19-18(20)17-15(21-3)10-7-11-16(17)22-4/h5-12H,1-4H3,(H,19,20). The van der Waals surface area contributed by atoms with Crippen molar-refractivity contribution in [3.63, 3.8) is 0 Å². The highest BCUT2D eigenvalue weighted by atomic mass is 16.5. The average molecular weight is 315 g/mol. The molecule has 0 bridgehead atoms. The van der Waals surface area contributed by atoms with Gasteiger partial charge >= 0.3 is 0 Å². The molecule has 0 unspecified atom stereocenters. The Morgan fingerprint density at radius 2 is 1.48 bits per heavy atom. The maximum atomic E-state index is 12.7. The highest BCUT2D eigenvalue weighted by molar-refractivity contribution is 6.08. The van der Waals surface area contributed by atoms with Crippen LogP contribution in [0.2, 0.25) is 0 Å². The quantitative estimate of drug-likeness (QED) is 0.882. The van der Waals surface area contributed by atoms with Gasteiger partial charge in [-0.2, -0.15) is 0 Å². The molecule has 0 aliphatic rings. The number of hydrogen-bond acceptors (Lipinski definition) is 4. The summed E-state index contributed by atoms with van der Waals surface area (Å²) in [5.41, 5.74) is 0.941. The molecular weight excluding hydrogens is 294 g/mol. The van der Waals surface area contributed by atoms with Crippen LogP contribution in [-0.2, 0) is 0 Å². The van der Waals surface area contributed by atoms with Crippen molar-refractivity contribution in [1.82, 2.24) is 0 Å². The van der Waals surface area contributed by atoms with E-state index in [1.165, 1.54) is 14.2 Å². The van der Waals surface area contributed by atoms with Crippen LogP contribution >= 0.6 is 0 Å². The Morgan fingerprint density at radius 3 is 2.04 bits per heavy atom. The van der Waals surface area contributed by atoms with Gasteiger partial charge < -0.3 is 19.5 Å². The van der Waals surface area contributed by atoms with Crippen molar-refractivity contribution in [3.8, 4) is 17.2 Å². The number of methoxy groups -OCH3 is 2. The van der Waals surface area contributed by atoms with Crippen LogP contribution in [0.5, 0.6) is 17.2 Å². The van der Waals surface area contributed by atoms with Crippen molar-refractivity contribution in [3.05, 3.63) is 48.0 Å². The molecule has 2 rings (SSSR count). The lowest BCUT2D eigenvalue weighted by Gasteiger charge is -2.16. The summed E-state index contributed by atoms with van der Waals surface area (Å²) in [4.78, 5) is 12.7. The summed E-state index contributed by atoms with van der Waals surface area (Å²) >= 11 is 0. The first-order chi connectivity index (χ1) is 11.1. The van der Waals surface area contributed by atoms with Crippen molar-refractivity contribution in [2.45, 2.75) is 20.0 Å². The van der Waals surface area contributed by atoms with Gasteiger partial charge in [0.25, 0.3) is 5.91 Å². The van der Waals surface area contributed by atoms with Gasteiger partial charge in [0.2, 0.25) is 0 Å². The average Bonchev–Trinajstić information content (AvgIpc) is 2.55. The number of para-hydroxylation sites is 2. The number of ether oxygens (including phenoxy) is 3. The molecule has 2 aromatic carbocycles. The summed E-state index contributed by atoms with van der Waals surface area (Å²) in [6.45, 7) is 3.86. The molecule has 0 atom stereocenters. The van der Waals surface area contributed by atoms with Gasteiger partial charge in [-0.05, 0) is 38.1 Å². The zero-order chi connectivity index (χ0) is 16.8. The maximum absolute atomic E-state index is 12.7. The third-order valence-corrected chi connectivity index (χ3v) is 3.15. The molecular formula is C18H21NO4. The molecule has 0 radical (unpaired) electrons. The van der Waals surface area contributed by atoms with Crippen molar-refractivity contribution >= 4 is 11.6 Å². The Labute approximate surface area is 136 Å². The largest absolute Gasteiger partial charge is 0.496 e. The van der Waals surface area contributed by atoms with Crippen LogP contribution in [0.25, 0.3) is 0 Å². The van der Waals surface area contributed by atoms with Crippen LogP contribution in [0.3, 0.4) is 0 Å². The highest BCUT2D eigenvalue weighted by Crippen LogP contribution is 2.31. The zero-order valence-corrected chi connectivity index (χ0v) is 13.8. The number of anilines is 1. The van der Waals surface area contributed by atoms with E-state index in [2.05, 4.69) is 5.32 Å². The second-order valence-electron chi connectivity index (χ2n) is 5.15. The first-order valence-corrected chi connectivity index (χ1v) is 7.34. The summed E-state index contributed by atoms with van der Waals surface area (Å²) in [6.07, 6.45) is 0.00819. The van der Waals surface area contributed by atoms with E-state index < -0.39 is 0 Å². The molecule has 0 saturated heterocycles. The molecule has 5 nitrogen and oxygen atoms in total. The lowest BCUT2D eigenvalue weighted by molar-refractivity contribution is 0.102. The molecule has 1 amide bonds. The molecule has 5 heteroatoms. The smallest absolute Gasteiger partial charge is 0.263 e. The predicted molar refractivity (Wildman–Crippen MR) is 89.7 cm³/mol. The van der Waals surface area contributed by atoms with Gasteiger partial charge in [-0.3, -0.25) is 4.79 Å². The molecule has 1 N–H and O–H groups in total. The second-order valence-corrected chi connectivity index (χ2v) is 5.15. The van der Waals surface area contributed by atoms with E-state index in [4.69, 9.17) is 14.2 Å². The second kappa shape index (κ2) is 7.54. The third-order valence-electron chi connectivity index (χ3n) is 3.15. The van der Waals surface area contributed by atoms with E-state index in [9.17, 15) is 4.79 Å². The Balaban J connectivity index is 2.34. The van der Waals surface area contributed by atoms with E-state index >= 15 is 0 Å².